The van der Waals surface area contributed by atoms with Crippen molar-refractivity contribution in [2.24, 2.45) is 0 Å². The minimum absolute atomic E-state index is 0.0486. The zero-order chi connectivity index (χ0) is 21.6. The van der Waals surface area contributed by atoms with E-state index in [-0.39, 0.29) is 24.3 Å². The number of fused-ring (bicyclic) bond motifs is 3. The Labute approximate surface area is 179 Å². The Morgan fingerprint density at radius 2 is 1.97 bits per heavy atom. The van der Waals surface area contributed by atoms with Gasteiger partial charge in [0.1, 0.15) is 10.8 Å². The predicted molar refractivity (Wildman–Crippen MR) is 115 cm³/mol. The lowest BCUT2D eigenvalue weighted by molar-refractivity contribution is -0.138. The van der Waals surface area contributed by atoms with E-state index in [1.807, 2.05) is 32.0 Å². The van der Waals surface area contributed by atoms with Crippen molar-refractivity contribution in [1.82, 2.24) is 9.80 Å². The maximum absolute atomic E-state index is 13.0. The molecule has 1 aromatic carbocycles. The van der Waals surface area contributed by atoms with Gasteiger partial charge in [-0.05, 0) is 56.0 Å². The number of benzene rings is 1. The number of nitrogens with zero attached hydrogens (tertiary/aromatic N) is 2. The van der Waals surface area contributed by atoms with Crippen molar-refractivity contribution in [2.75, 3.05) is 25.5 Å². The highest BCUT2D eigenvalue weighted by molar-refractivity contribution is 7.17. The van der Waals surface area contributed by atoms with E-state index < -0.39 is 6.10 Å². The number of anilines is 1. The van der Waals surface area contributed by atoms with Gasteiger partial charge >= 0.3 is 0 Å². The SMILES string of the molecule is Cc1ccc(OC(C)C(=O)N2CCc3c(sc4c3C(=O)N(C)CC(=O)N4)C2)cc1C. The molecule has 0 aliphatic carbocycles. The van der Waals surface area contributed by atoms with Crippen molar-refractivity contribution in [3.8, 4) is 5.75 Å². The third-order valence-corrected chi connectivity index (χ3v) is 6.83. The molecule has 1 aromatic heterocycles. The molecule has 2 aromatic rings. The number of aryl methyl sites for hydroxylation is 2. The number of likely N-dealkylation sites (N-methyl/N-ethyl adjacent to an activating group) is 1. The quantitative estimate of drug-likeness (QED) is 0.817. The zero-order valence-corrected chi connectivity index (χ0v) is 18.4. The lowest BCUT2D eigenvalue weighted by Crippen LogP contribution is -2.43. The average molecular weight is 428 g/mol. The fourth-order valence-electron chi connectivity index (χ4n) is 3.85. The summed E-state index contributed by atoms with van der Waals surface area (Å²) in [5, 5.41) is 3.43. The number of thiophene rings is 1. The van der Waals surface area contributed by atoms with E-state index in [1.165, 1.54) is 21.8 Å². The van der Waals surface area contributed by atoms with Gasteiger partial charge in [0.15, 0.2) is 6.10 Å². The van der Waals surface area contributed by atoms with Crippen molar-refractivity contribution >= 4 is 34.1 Å². The molecule has 0 bridgehead atoms. The molecule has 0 spiro atoms. The number of rotatable bonds is 3. The molecule has 2 aliphatic rings. The summed E-state index contributed by atoms with van der Waals surface area (Å²) in [5.74, 6) is 0.240. The average Bonchev–Trinajstić information content (AvgIpc) is 3.01. The summed E-state index contributed by atoms with van der Waals surface area (Å²) < 4.78 is 5.89. The van der Waals surface area contributed by atoms with Crippen LogP contribution in [0.5, 0.6) is 5.75 Å². The molecule has 3 amide bonds. The Morgan fingerprint density at radius 1 is 1.20 bits per heavy atom. The molecule has 1 N–H and O–H groups in total. The highest BCUT2D eigenvalue weighted by Crippen LogP contribution is 2.39. The fourth-order valence-corrected chi connectivity index (χ4v) is 5.12. The van der Waals surface area contributed by atoms with Gasteiger partial charge < -0.3 is 19.9 Å². The molecule has 3 heterocycles. The summed E-state index contributed by atoms with van der Waals surface area (Å²) in [7, 11) is 1.63. The predicted octanol–water partition coefficient (Wildman–Crippen LogP) is 2.74. The third-order valence-electron chi connectivity index (χ3n) is 5.70. The van der Waals surface area contributed by atoms with Crippen LogP contribution in [0.15, 0.2) is 18.2 Å². The Kier molecular flexibility index (Phi) is 5.27. The molecule has 0 fully saturated rings. The molecule has 30 heavy (non-hydrogen) atoms. The number of carbonyl (C=O) groups is 3. The number of amides is 3. The molecule has 8 heteroatoms. The lowest BCUT2D eigenvalue weighted by Gasteiger charge is -2.30. The molecule has 2 aliphatic heterocycles. The van der Waals surface area contributed by atoms with Crippen LogP contribution in [-0.2, 0) is 22.6 Å². The van der Waals surface area contributed by atoms with Crippen molar-refractivity contribution < 1.29 is 19.1 Å². The maximum Gasteiger partial charge on any atom is 0.263 e. The van der Waals surface area contributed by atoms with Gasteiger partial charge in [0.05, 0.1) is 18.7 Å². The van der Waals surface area contributed by atoms with Gasteiger partial charge in [0.2, 0.25) is 5.91 Å². The third kappa shape index (κ3) is 3.67. The van der Waals surface area contributed by atoms with Gasteiger partial charge in [0, 0.05) is 18.5 Å². The Morgan fingerprint density at radius 3 is 2.70 bits per heavy atom. The van der Waals surface area contributed by atoms with E-state index in [4.69, 9.17) is 4.74 Å². The first-order valence-electron chi connectivity index (χ1n) is 9.97. The largest absolute Gasteiger partial charge is 0.481 e. The maximum atomic E-state index is 13.0. The summed E-state index contributed by atoms with van der Waals surface area (Å²) in [6, 6.07) is 5.80. The van der Waals surface area contributed by atoms with E-state index >= 15 is 0 Å². The van der Waals surface area contributed by atoms with Crippen LogP contribution in [0.25, 0.3) is 0 Å². The Hall–Kier alpha value is -2.87. The van der Waals surface area contributed by atoms with E-state index in [9.17, 15) is 14.4 Å². The van der Waals surface area contributed by atoms with Crippen molar-refractivity contribution in [2.45, 2.75) is 39.8 Å². The highest BCUT2D eigenvalue weighted by Gasteiger charge is 2.34. The lowest BCUT2D eigenvalue weighted by atomic mass is 10.0. The zero-order valence-electron chi connectivity index (χ0n) is 17.6. The summed E-state index contributed by atoms with van der Waals surface area (Å²) in [6.45, 7) is 6.79. The molecule has 0 saturated carbocycles. The normalized spacial score (nSPS) is 17.1. The van der Waals surface area contributed by atoms with Crippen LogP contribution in [0, 0.1) is 13.8 Å². The van der Waals surface area contributed by atoms with Gasteiger partial charge in [-0.15, -0.1) is 11.3 Å². The number of ether oxygens (including phenoxy) is 1. The van der Waals surface area contributed by atoms with Crippen LogP contribution in [0.2, 0.25) is 0 Å². The summed E-state index contributed by atoms with van der Waals surface area (Å²) in [5.41, 5.74) is 3.82. The molecule has 158 valence electrons. The van der Waals surface area contributed by atoms with Gasteiger partial charge in [-0.2, -0.15) is 0 Å². The molecule has 7 nitrogen and oxygen atoms in total. The van der Waals surface area contributed by atoms with Gasteiger partial charge in [-0.1, -0.05) is 6.07 Å². The molecule has 1 unspecified atom stereocenters. The van der Waals surface area contributed by atoms with Crippen LogP contribution in [0.1, 0.15) is 38.8 Å². The smallest absolute Gasteiger partial charge is 0.263 e. The molecule has 1 atom stereocenters. The highest BCUT2D eigenvalue weighted by atomic mass is 32.1. The van der Waals surface area contributed by atoms with Crippen LogP contribution in [-0.4, -0.2) is 53.8 Å². The number of hydrogen-bond acceptors (Lipinski definition) is 5. The van der Waals surface area contributed by atoms with Gasteiger partial charge in [-0.3, -0.25) is 14.4 Å². The van der Waals surface area contributed by atoms with Crippen LogP contribution >= 0.6 is 11.3 Å². The first-order valence-corrected chi connectivity index (χ1v) is 10.8. The van der Waals surface area contributed by atoms with Crippen molar-refractivity contribution in [1.29, 1.82) is 0 Å². The Bertz CT molecular complexity index is 1050. The summed E-state index contributed by atoms with van der Waals surface area (Å²) >= 11 is 1.39. The fraction of sp³-hybridized carbons (Fsp3) is 0.409. The molecule has 0 radical (unpaired) electrons. The minimum Gasteiger partial charge on any atom is -0.481 e. The Balaban J connectivity index is 1.51. The van der Waals surface area contributed by atoms with Crippen LogP contribution in [0.3, 0.4) is 0 Å². The van der Waals surface area contributed by atoms with Crippen molar-refractivity contribution in [3.05, 3.63) is 45.3 Å². The number of hydrogen-bond donors (Lipinski definition) is 1. The second-order valence-electron chi connectivity index (χ2n) is 7.93. The first-order chi connectivity index (χ1) is 14.2. The molecular formula is C22H25N3O4S. The first kappa shape index (κ1) is 20.4. The van der Waals surface area contributed by atoms with Gasteiger partial charge in [-0.25, -0.2) is 0 Å². The van der Waals surface area contributed by atoms with Crippen LogP contribution < -0.4 is 10.1 Å². The monoisotopic (exact) mass is 427 g/mol. The topological polar surface area (TPSA) is 79.0 Å². The summed E-state index contributed by atoms with van der Waals surface area (Å²) in [4.78, 5) is 41.9. The molecule has 0 saturated heterocycles. The van der Waals surface area contributed by atoms with Crippen molar-refractivity contribution in [3.63, 3.8) is 0 Å². The minimum atomic E-state index is -0.612. The standard InChI is InChI=1S/C22H25N3O4S/c1-12-5-6-15(9-13(12)2)29-14(3)21(27)25-8-7-16-17(10-25)30-20-19(16)22(28)24(4)11-18(26)23-20/h5-6,9,14H,7-8,10-11H2,1-4H3,(H,23,26). The molecule has 4 rings (SSSR count). The van der Waals surface area contributed by atoms with Gasteiger partial charge in [0.25, 0.3) is 11.8 Å². The van der Waals surface area contributed by atoms with E-state index in [0.29, 0.717) is 35.8 Å². The molecular weight excluding hydrogens is 402 g/mol. The summed E-state index contributed by atoms with van der Waals surface area (Å²) in [6.07, 6.45) is -0.0301. The number of nitrogens with one attached hydrogen (secondary N) is 1. The van der Waals surface area contributed by atoms with Crippen LogP contribution in [0.4, 0.5) is 5.00 Å². The second-order valence-corrected chi connectivity index (χ2v) is 9.04. The van der Waals surface area contributed by atoms with E-state index in [1.54, 1.807) is 18.9 Å². The van der Waals surface area contributed by atoms with E-state index in [2.05, 4.69) is 5.32 Å². The second kappa shape index (κ2) is 7.75. The van der Waals surface area contributed by atoms with E-state index in [0.717, 1.165) is 16.0 Å². The number of carbonyl (C=O) groups excluding carboxylic acids is 3.